The molecule has 1 fully saturated rings. The number of hydrogen-bond acceptors (Lipinski definition) is 6. The summed E-state index contributed by atoms with van der Waals surface area (Å²) in [4.78, 5) is 29.1. The number of rotatable bonds is 8. The Bertz CT molecular complexity index is 1260. The fourth-order valence-electron chi connectivity index (χ4n) is 3.87. The van der Waals surface area contributed by atoms with Crippen LogP contribution in [0.1, 0.15) is 41.0 Å². The van der Waals surface area contributed by atoms with Gasteiger partial charge in [0.25, 0.3) is 5.91 Å². The lowest BCUT2D eigenvalue weighted by Gasteiger charge is -2.11. The molecule has 3 N–H and O–H groups in total. The monoisotopic (exact) mass is 486 g/mol. The van der Waals surface area contributed by atoms with Crippen molar-refractivity contribution in [1.29, 1.82) is 0 Å². The molecule has 0 radical (unpaired) electrons. The summed E-state index contributed by atoms with van der Waals surface area (Å²) in [6, 6.07) is 11.5. The summed E-state index contributed by atoms with van der Waals surface area (Å²) in [5.41, 5.74) is 1.86. The molecule has 33 heavy (non-hydrogen) atoms. The topological polar surface area (TPSA) is 117 Å². The summed E-state index contributed by atoms with van der Waals surface area (Å²) in [6.07, 6.45) is 4.04. The third-order valence-corrected chi connectivity index (χ3v) is 8.01. The molecule has 1 aliphatic carbocycles. The molecule has 2 amide bonds. The predicted molar refractivity (Wildman–Crippen MR) is 129 cm³/mol. The van der Waals surface area contributed by atoms with E-state index >= 15 is 0 Å². The van der Waals surface area contributed by atoms with Crippen molar-refractivity contribution in [2.24, 2.45) is 5.92 Å². The number of carbonyl (C=O) groups excluding carboxylic acids is 2. The van der Waals surface area contributed by atoms with E-state index in [1.54, 1.807) is 36.4 Å². The van der Waals surface area contributed by atoms with Gasteiger partial charge in [-0.2, -0.15) is 0 Å². The lowest BCUT2D eigenvalue weighted by molar-refractivity contribution is -0.119. The predicted octanol–water partition coefficient (Wildman–Crippen LogP) is 3.44. The average molecular weight is 487 g/mol. The highest BCUT2D eigenvalue weighted by molar-refractivity contribution is 7.89. The molecule has 8 nitrogen and oxygen atoms in total. The van der Waals surface area contributed by atoms with Crippen LogP contribution in [0.3, 0.4) is 0 Å². The summed E-state index contributed by atoms with van der Waals surface area (Å²) < 4.78 is 28.4. The molecular weight excluding hydrogens is 460 g/mol. The first-order chi connectivity index (χ1) is 15.8. The van der Waals surface area contributed by atoms with Crippen LogP contribution < -0.4 is 15.4 Å². The molecule has 1 aromatic heterocycles. The van der Waals surface area contributed by atoms with Gasteiger partial charge in [0.15, 0.2) is 0 Å². The zero-order valence-electron chi connectivity index (χ0n) is 18.3. The molecule has 0 saturated heterocycles. The molecule has 2 aromatic carbocycles. The third kappa shape index (κ3) is 5.76. The number of benzene rings is 2. The Morgan fingerprint density at radius 3 is 2.52 bits per heavy atom. The largest absolute Gasteiger partial charge is 0.351 e. The van der Waals surface area contributed by atoms with E-state index in [0.717, 1.165) is 40.9 Å². The number of fused-ring (bicyclic) bond motifs is 1. The van der Waals surface area contributed by atoms with Crippen LogP contribution in [-0.2, 0) is 14.8 Å². The molecule has 0 aliphatic heterocycles. The Kier molecular flexibility index (Phi) is 7.06. The van der Waals surface area contributed by atoms with E-state index in [-0.39, 0.29) is 35.7 Å². The maximum absolute atomic E-state index is 12.5. The van der Waals surface area contributed by atoms with Crippen molar-refractivity contribution in [3.63, 3.8) is 0 Å². The van der Waals surface area contributed by atoms with Crippen LogP contribution in [0.15, 0.2) is 47.4 Å². The minimum atomic E-state index is -3.69. The second-order valence-electron chi connectivity index (χ2n) is 8.06. The number of nitrogens with zero attached hydrogens (tertiary/aromatic N) is 1. The Labute approximate surface area is 196 Å². The average Bonchev–Trinajstić information content (AvgIpc) is 3.45. The van der Waals surface area contributed by atoms with Gasteiger partial charge >= 0.3 is 0 Å². The summed E-state index contributed by atoms with van der Waals surface area (Å²) in [5, 5.41) is 6.47. The highest BCUT2D eigenvalue weighted by Crippen LogP contribution is 2.26. The first kappa shape index (κ1) is 23.3. The number of amides is 2. The van der Waals surface area contributed by atoms with E-state index in [0.29, 0.717) is 11.3 Å². The number of aryl methyl sites for hydroxylation is 1. The van der Waals surface area contributed by atoms with Gasteiger partial charge < -0.3 is 10.6 Å². The number of carbonyl (C=O) groups is 2. The molecular formula is C23H26N4O4S2. The molecule has 4 rings (SSSR count). The molecule has 1 saturated carbocycles. The quantitative estimate of drug-likeness (QED) is 0.422. The van der Waals surface area contributed by atoms with Crippen molar-refractivity contribution in [2.45, 2.75) is 37.5 Å². The van der Waals surface area contributed by atoms with Crippen LogP contribution in [-0.4, -0.2) is 38.3 Å². The molecule has 0 spiro atoms. The van der Waals surface area contributed by atoms with Crippen LogP contribution in [0.2, 0.25) is 0 Å². The highest BCUT2D eigenvalue weighted by Gasteiger charge is 2.22. The number of thiazole rings is 1. The van der Waals surface area contributed by atoms with Gasteiger partial charge in [0.1, 0.15) is 0 Å². The molecule has 0 atom stereocenters. The van der Waals surface area contributed by atoms with Gasteiger partial charge in [-0.05, 0) is 62.2 Å². The number of anilines is 1. The number of nitrogens with one attached hydrogen (secondary N) is 3. The maximum atomic E-state index is 12.5. The van der Waals surface area contributed by atoms with Crippen LogP contribution in [0.5, 0.6) is 0 Å². The Hall–Kier alpha value is -2.82. The molecule has 0 unspecified atom stereocenters. The van der Waals surface area contributed by atoms with Crippen molar-refractivity contribution >= 4 is 49.1 Å². The molecule has 3 aromatic rings. The van der Waals surface area contributed by atoms with E-state index in [1.807, 2.05) is 6.92 Å². The van der Waals surface area contributed by atoms with E-state index < -0.39 is 10.0 Å². The smallest absolute Gasteiger partial charge is 0.251 e. The minimum absolute atomic E-state index is 0.0293. The first-order valence-corrected chi connectivity index (χ1v) is 13.2. The van der Waals surface area contributed by atoms with Crippen LogP contribution >= 0.6 is 11.3 Å². The number of aromatic nitrogens is 1. The first-order valence-electron chi connectivity index (χ1n) is 10.9. The second kappa shape index (κ2) is 9.98. The molecule has 0 bridgehead atoms. The highest BCUT2D eigenvalue weighted by atomic mass is 32.2. The SMILES string of the molecule is Cc1nc2ccc(S(=O)(=O)NCCNC(=O)c3ccc(NC(=O)C4CCCC4)cc3)cc2s1. The summed E-state index contributed by atoms with van der Waals surface area (Å²) in [6.45, 7) is 2.07. The van der Waals surface area contributed by atoms with E-state index in [2.05, 4.69) is 20.3 Å². The zero-order chi connectivity index (χ0) is 23.4. The standard InChI is InChI=1S/C23H26N4O4S2/c1-15-26-20-11-10-19(14-21(20)32-15)33(30,31)25-13-12-24-22(28)17-6-8-18(9-7-17)27-23(29)16-4-2-3-5-16/h6-11,14,16,25H,2-5,12-13H2,1H3,(H,24,28)(H,27,29). The van der Waals surface area contributed by atoms with E-state index in [9.17, 15) is 18.0 Å². The second-order valence-corrected chi connectivity index (χ2v) is 11.1. The molecule has 174 valence electrons. The molecule has 10 heteroatoms. The molecule has 1 heterocycles. The lowest BCUT2D eigenvalue weighted by atomic mass is 10.1. The van der Waals surface area contributed by atoms with Crippen molar-refractivity contribution in [3.05, 3.63) is 53.0 Å². The van der Waals surface area contributed by atoms with Gasteiger partial charge in [-0.3, -0.25) is 9.59 Å². The van der Waals surface area contributed by atoms with Gasteiger partial charge in [-0.25, -0.2) is 18.1 Å². The minimum Gasteiger partial charge on any atom is -0.351 e. The van der Waals surface area contributed by atoms with Crippen LogP contribution in [0.4, 0.5) is 5.69 Å². The Morgan fingerprint density at radius 2 is 1.79 bits per heavy atom. The van der Waals surface area contributed by atoms with Gasteiger partial charge in [0.2, 0.25) is 15.9 Å². The number of sulfonamides is 1. The van der Waals surface area contributed by atoms with Gasteiger partial charge in [-0.1, -0.05) is 12.8 Å². The van der Waals surface area contributed by atoms with E-state index in [1.165, 1.54) is 17.4 Å². The number of hydrogen-bond donors (Lipinski definition) is 3. The maximum Gasteiger partial charge on any atom is 0.251 e. The fourth-order valence-corrected chi connectivity index (χ4v) is 5.87. The Balaban J connectivity index is 1.25. The normalized spacial score (nSPS) is 14.5. The van der Waals surface area contributed by atoms with Crippen molar-refractivity contribution in [3.8, 4) is 0 Å². The fraction of sp³-hybridized carbons (Fsp3) is 0.348. The molecule has 1 aliphatic rings. The summed E-state index contributed by atoms with van der Waals surface area (Å²) >= 11 is 1.44. The lowest BCUT2D eigenvalue weighted by Crippen LogP contribution is -2.34. The summed E-state index contributed by atoms with van der Waals surface area (Å²) in [5.74, 6) is -0.212. The summed E-state index contributed by atoms with van der Waals surface area (Å²) in [7, 11) is -3.69. The van der Waals surface area contributed by atoms with E-state index in [4.69, 9.17) is 0 Å². The van der Waals surface area contributed by atoms with Gasteiger partial charge in [0.05, 0.1) is 20.1 Å². The van der Waals surface area contributed by atoms with Crippen molar-refractivity contribution in [2.75, 3.05) is 18.4 Å². The van der Waals surface area contributed by atoms with Crippen molar-refractivity contribution in [1.82, 2.24) is 15.0 Å². The van der Waals surface area contributed by atoms with Gasteiger partial charge in [0, 0.05) is 30.3 Å². The zero-order valence-corrected chi connectivity index (χ0v) is 19.9. The van der Waals surface area contributed by atoms with Crippen LogP contribution in [0, 0.1) is 12.8 Å². The Morgan fingerprint density at radius 1 is 1.06 bits per heavy atom. The van der Waals surface area contributed by atoms with Crippen LogP contribution in [0.25, 0.3) is 10.2 Å². The van der Waals surface area contributed by atoms with Gasteiger partial charge in [-0.15, -0.1) is 11.3 Å². The third-order valence-electron chi connectivity index (χ3n) is 5.62. The van der Waals surface area contributed by atoms with Crippen molar-refractivity contribution < 1.29 is 18.0 Å².